The first-order valence-electron chi connectivity index (χ1n) is 2.85. The molecule has 0 unspecified atom stereocenters. The maximum absolute atomic E-state index is 9.44. The summed E-state index contributed by atoms with van der Waals surface area (Å²) in [5.41, 5.74) is 0. The summed E-state index contributed by atoms with van der Waals surface area (Å²) < 4.78 is 0. The minimum absolute atomic E-state index is 0. The van der Waals surface area contributed by atoms with Crippen molar-refractivity contribution in [2.24, 2.45) is 0 Å². The van der Waals surface area contributed by atoms with Crippen LogP contribution < -0.4 is 0 Å². The zero-order valence-corrected chi connectivity index (χ0v) is 11.8. The van der Waals surface area contributed by atoms with E-state index in [0.29, 0.717) is 0 Å². The van der Waals surface area contributed by atoms with Crippen LogP contribution in [0.4, 0.5) is 0 Å². The fourth-order valence-electron chi connectivity index (χ4n) is 0. The summed E-state index contributed by atoms with van der Waals surface area (Å²) in [5.74, 6) is 0.167. The molecule has 0 bridgehead atoms. The third-order valence-electron chi connectivity index (χ3n) is 0. The Labute approximate surface area is 112 Å². The Kier molecular flexibility index (Phi) is 41.1. The van der Waals surface area contributed by atoms with E-state index in [9.17, 15) is 4.79 Å². The molecule has 0 saturated carbocycles. The van der Waals surface area contributed by atoms with E-state index in [2.05, 4.69) is 0 Å². The molecule has 0 rings (SSSR count). The van der Waals surface area contributed by atoms with Crippen LogP contribution in [-0.4, -0.2) is 47.2 Å². The summed E-state index contributed by atoms with van der Waals surface area (Å²) in [6.45, 7) is 3.06. The molecule has 0 spiro atoms. The molecule has 0 aromatic carbocycles. The second-order valence-electron chi connectivity index (χ2n) is 1.58. The molecule has 0 fully saturated rings. The van der Waals surface area contributed by atoms with Crippen LogP contribution in [-0.2, 0) is 4.79 Å². The molecule has 0 heterocycles. The van der Waals surface area contributed by atoms with Crippen molar-refractivity contribution in [3.8, 4) is 0 Å². The van der Waals surface area contributed by atoms with Crippen LogP contribution in [0.15, 0.2) is 0 Å². The molecular formula is C3H6BiN3O10. The standard InChI is InChI=1S/C3H6O.Bi.3NO3/c1-3(2)4;;3*2-1(3)4/h1-2H3;;;;/q;+3;3*-1. The van der Waals surface area contributed by atoms with Crippen LogP contribution in [0, 0.1) is 46.0 Å². The van der Waals surface area contributed by atoms with Gasteiger partial charge in [0, 0.05) is 0 Å². The topological polar surface area (TPSA) is 216 Å². The molecule has 13 nitrogen and oxygen atoms in total. The van der Waals surface area contributed by atoms with Crippen molar-refractivity contribution in [3.05, 3.63) is 46.0 Å². The zero-order valence-electron chi connectivity index (χ0n) is 8.37. The molecule has 2 radical (unpaired) electrons. The molecule has 0 amide bonds. The number of Topliss-reactive ketones (excluding diaryl/α,β-unsaturated/α-hetero) is 1. The molecule has 0 aliphatic rings. The first kappa shape index (κ1) is 29.4. The largest absolute Gasteiger partial charge is 3.00 e. The van der Waals surface area contributed by atoms with E-state index in [1.165, 1.54) is 13.8 Å². The van der Waals surface area contributed by atoms with Gasteiger partial charge in [-0.25, -0.2) is 0 Å². The molecule has 0 atom stereocenters. The summed E-state index contributed by atoms with van der Waals surface area (Å²) in [4.78, 5) is 34.2. The average Bonchev–Trinajstić information content (AvgIpc) is 1.76. The molecule has 0 aromatic rings. The van der Waals surface area contributed by atoms with Crippen molar-refractivity contribution >= 4 is 32.0 Å². The van der Waals surface area contributed by atoms with Gasteiger partial charge in [-0.2, -0.15) is 0 Å². The number of carbonyl (C=O) groups excluding carboxylic acids is 1. The van der Waals surface area contributed by atoms with Gasteiger partial charge in [0.1, 0.15) is 5.78 Å². The van der Waals surface area contributed by atoms with Crippen molar-refractivity contribution in [2.75, 3.05) is 0 Å². The Balaban J connectivity index is -0.0000000369. The van der Waals surface area contributed by atoms with Crippen molar-refractivity contribution in [1.29, 1.82) is 0 Å². The molecule has 0 aliphatic carbocycles. The van der Waals surface area contributed by atoms with Gasteiger partial charge in [-0.1, -0.05) is 0 Å². The summed E-state index contributed by atoms with van der Waals surface area (Å²) in [6, 6.07) is 0. The SMILES string of the molecule is CC(C)=O.O=[N+]([O-])[O-].O=[N+]([O-])[O-].O=[N+]([O-])[O-].[Bi+3]. The molecule has 0 saturated heterocycles. The predicted octanol–water partition coefficient (Wildman–Crippen LogP) is -0.503. The van der Waals surface area contributed by atoms with Crippen molar-refractivity contribution < 1.29 is 20.1 Å². The van der Waals surface area contributed by atoms with Crippen LogP contribution in [0.25, 0.3) is 0 Å². The van der Waals surface area contributed by atoms with Gasteiger partial charge >= 0.3 is 26.2 Å². The van der Waals surface area contributed by atoms with E-state index in [1.54, 1.807) is 0 Å². The second-order valence-corrected chi connectivity index (χ2v) is 1.58. The number of carbonyl (C=O) groups is 1. The van der Waals surface area contributed by atoms with E-state index < -0.39 is 15.3 Å². The van der Waals surface area contributed by atoms with Gasteiger partial charge in [-0.05, 0) is 13.8 Å². The number of rotatable bonds is 0. The van der Waals surface area contributed by atoms with Crippen LogP contribution in [0.2, 0.25) is 0 Å². The van der Waals surface area contributed by atoms with E-state index in [1.807, 2.05) is 0 Å². The third kappa shape index (κ3) is 613. The second kappa shape index (κ2) is 23.8. The quantitative estimate of drug-likeness (QED) is 0.260. The predicted molar refractivity (Wildman–Crippen MR) is 53.2 cm³/mol. The monoisotopic (exact) mass is 453 g/mol. The van der Waals surface area contributed by atoms with E-state index in [-0.39, 0.29) is 32.0 Å². The van der Waals surface area contributed by atoms with Crippen LogP contribution in [0.5, 0.6) is 0 Å². The summed E-state index contributed by atoms with van der Waals surface area (Å²) >= 11 is 0. The zero-order chi connectivity index (χ0) is 14.3. The van der Waals surface area contributed by atoms with Crippen LogP contribution >= 0.6 is 0 Å². The minimum Gasteiger partial charge on any atom is -0.356 e. The molecule has 0 aliphatic heterocycles. The first-order chi connectivity index (χ1) is 6.93. The summed E-state index contributed by atoms with van der Waals surface area (Å²) in [6.07, 6.45) is 0. The van der Waals surface area contributed by atoms with Gasteiger partial charge in [-0.15, -0.1) is 0 Å². The Hall–Kier alpha value is -1.85. The van der Waals surface area contributed by atoms with E-state index in [4.69, 9.17) is 46.0 Å². The fourth-order valence-corrected chi connectivity index (χ4v) is 0. The minimum atomic E-state index is -1.75. The third-order valence-corrected chi connectivity index (χ3v) is 0. The van der Waals surface area contributed by atoms with Gasteiger partial charge in [0.2, 0.25) is 0 Å². The number of hydrogen-bond donors (Lipinski definition) is 0. The molecule has 98 valence electrons. The Morgan fingerprint density at radius 1 is 0.706 bits per heavy atom. The maximum atomic E-state index is 9.44. The number of hydrogen-bond acceptors (Lipinski definition) is 10. The van der Waals surface area contributed by atoms with Crippen molar-refractivity contribution in [2.45, 2.75) is 13.8 Å². The Morgan fingerprint density at radius 3 is 0.706 bits per heavy atom. The number of ketones is 1. The fraction of sp³-hybridized carbons (Fsp3) is 0.667. The number of nitrogens with zero attached hydrogens (tertiary/aromatic N) is 3. The molecule has 0 aromatic heterocycles. The average molecular weight is 453 g/mol. The van der Waals surface area contributed by atoms with Crippen LogP contribution in [0.1, 0.15) is 13.8 Å². The normalized spacial score (nSPS) is 5.76. The van der Waals surface area contributed by atoms with Crippen molar-refractivity contribution in [3.63, 3.8) is 0 Å². The molecule has 17 heavy (non-hydrogen) atoms. The summed E-state index contributed by atoms with van der Waals surface area (Å²) in [7, 11) is 0. The van der Waals surface area contributed by atoms with Gasteiger partial charge in [0.25, 0.3) is 0 Å². The van der Waals surface area contributed by atoms with E-state index in [0.717, 1.165) is 0 Å². The molecule has 14 heteroatoms. The first-order valence-corrected chi connectivity index (χ1v) is 2.85. The van der Waals surface area contributed by atoms with Gasteiger partial charge in [0.15, 0.2) is 0 Å². The Morgan fingerprint density at radius 2 is 0.706 bits per heavy atom. The van der Waals surface area contributed by atoms with Crippen LogP contribution in [0.3, 0.4) is 0 Å². The Bertz CT molecular complexity index is 167. The van der Waals surface area contributed by atoms with Gasteiger partial charge in [-0.3, -0.25) is 0 Å². The smallest absolute Gasteiger partial charge is 0.356 e. The molecule has 0 N–H and O–H groups in total. The molecular weight excluding hydrogens is 447 g/mol. The summed E-state index contributed by atoms with van der Waals surface area (Å²) in [5, 5.41) is 44.2. The maximum Gasteiger partial charge on any atom is 3.00 e. The van der Waals surface area contributed by atoms with Gasteiger partial charge < -0.3 is 50.8 Å². The van der Waals surface area contributed by atoms with Gasteiger partial charge in [0.05, 0.1) is 15.3 Å². The van der Waals surface area contributed by atoms with E-state index >= 15 is 0 Å². The van der Waals surface area contributed by atoms with Crippen molar-refractivity contribution in [1.82, 2.24) is 0 Å².